The van der Waals surface area contributed by atoms with Gasteiger partial charge in [0.1, 0.15) is 19.0 Å². The molecule has 0 radical (unpaired) electrons. The first kappa shape index (κ1) is 16.5. The van der Waals surface area contributed by atoms with Gasteiger partial charge in [-0.3, -0.25) is 0 Å². The molecule has 0 spiro atoms. The summed E-state index contributed by atoms with van der Waals surface area (Å²) in [4.78, 5) is 12.7. The summed E-state index contributed by atoms with van der Waals surface area (Å²) >= 11 is 0. The number of rotatable bonds is 4. The maximum absolute atomic E-state index is 12.7. The SMILES string of the molecule is CCOC(=O)C1=C(c2ccccc2)OCC1c1ccc2c(c1)OCCO2. The van der Waals surface area contributed by atoms with Crippen LogP contribution in [0.5, 0.6) is 11.5 Å². The third kappa shape index (κ3) is 3.01. The monoisotopic (exact) mass is 352 g/mol. The predicted molar refractivity (Wildman–Crippen MR) is 96.1 cm³/mol. The molecule has 5 nitrogen and oxygen atoms in total. The van der Waals surface area contributed by atoms with Crippen molar-refractivity contribution in [1.82, 2.24) is 0 Å². The molecule has 2 heterocycles. The van der Waals surface area contributed by atoms with Crippen molar-refractivity contribution in [1.29, 1.82) is 0 Å². The first-order valence-electron chi connectivity index (χ1n) is 8.77. The Bertz CT molecular complexity index is 841. The van der Waals surface area contributed by atoms with E-state index in [1.807, 2.05) is 48.5 Å². The van der Waals surface area contributed by atoms with Gasteiger partial charge in [0.2, 0.25) is 0 Å². The van der Waals surface area contributed by atoms with Crippen molar-refractivity contribution in [3.8, 4) is 11.5 Å². The summed E-state index contributed by atoms with van der Waals surface area (Å²) in [7, 11) is 0. The Morgan fingerprint density at radius 3 is 2.58 bits per heavy atom. The molecule has 0 bridgehead atoms. The van der Waals surface area contributed by atoms with Crippen molar-refractivity contribution in [2.45, 2.75) is 12.8 Å². The number of hydrogen-bond acceptors (Lipinski definition) is 5. The van der Waals surface area contributed by atoms with E-state index in [0.29, 0.717) is 43.5 Å². The minimum atomic E-state index is -0.344. The van der Waals surface area contributed by atoms with Gasteiger partial charge in [0.05, 0.1) is 24.7 Å². The summed E-state index contributed by atoms with van der Waals surface area (Å²) in [6.45, 7) is 3.57. The van der Waals surface area contributed by atoms with Gasteiger partial charge in [-0.05, 0) is 24.6 Å². The van der Waals surface area contributed by atoms with Crippen LogP contribution in [-0.2, 0) is 14.3 Å². The van der Waals surface area contributed by atoms with Gasteiger partial charge in [-0.2, -0.15) is 0 Å². The number of carbonyl (C=O) groups excluding carboxylic acids is 1. The number of esters is 1. The smallest absolute Gasteiger partial charge is 0.338 e. The fraction of sp³-hybridized carbons (Fsp3) is 0.286. The maximum atomic E-state index is 12.7. The van der Waals surface area contributed by atoms with Gasteiger partial charge in [-0.1, -0.05) is 36.4 Å². The van der Waals surface area contributed by atoms with Gasteiger partial charge in [-0.25, -0.2) is 4.79 Å². The molecule has 0 aromatic heterocycles. The average molecular weight is 352 g/mol. The second-order valence-corrected chi connectivity index (χ2v) is 6.10. The van der Waals surface area contributed by atoms with Crippen molar-refractivity contribution in [2.24, 2.45) is 0 Å². The largest absolute Gasteiger partial charge is 0.491 e. The number of hydrogen-bond donors (Lipinski definition) is 0. The van der Waals surface area contributed by atoms with Crippen LogP contribution in [0, 0.1) is 0 Å². The number of benzene rings is 2. The molecule has 2 aromatic carbocycles. The zero-order valence-electron chi connectivity index (χ0n) is 14.6. The van der Waals surface area contributed by atoms with E-state index in [-0.39, 0.29) is 11.9 Å². The lowest BCUT2D eigenvalue weighted by Crippen LogP contribution is -2.17. The van der Waals surface area contributed by atoms with Crippen LogP contribution in [0.4, 0.5) is 0 Å². The highest BCUT2D eigenvalue weighted by atomic mass is 16.6. The lowest BCUT2D eigenvalue weighted by molar-refractivity contribution is -0.138. The van der Waals surface area contributed by atoms with Crippen molar-refractivity contribution in [3.63, 3.8) is 0 Å². The molecule has 2 aliphatic heterocycles. The predicted octanol–water partition coefficient (Wildman–Crippen LogP) is 3.55. The second-order valence-electron chi connectivity index (χ2n) is 6.10. The van der Waals surface area contributed by atoms with Crippen LogP contribution in [0.1, 0.15) is 24.0 Å². The van der Waals surface area contributed by atoms with Crippen molar-refractivity contribution >= 4 is 11.7 Å². The Balaban J connectivity index is 1.75. The Hall–Kier alpha value is -2.95. The summed E-state index contributed by atoms with van der Waals surface area (Å²) < 4.78 is 22.5. The number of carbonyl (C=O) groups is 1. The van der Waals surface area contributed by atoms with E-state index in [4.69, 9.17) is 18.9 Å². The number of ether oxygens (including phenoxy) is 4. The zero-order chi connectivity index (χ0) is 17.9. The molecule has 0 saturated heterocycles. The fourth-order valence-electron chi connectivity index (χ4n) is 3.30. The van der Waals surface area contributed by atoms with E-state index >= 15 is 0 Å². The topological polar surface area (TPSA) is 54.0 Å². The quantitative estimate of drug-likeness (QED) is 0.788. The molecule has 5 heteroatoms. The average Bonchev–Trinajstić information content (AvgIpc) is 3.14. The van der Waals surface area contributed by atoms with Crippen LogP contribution in [0.25, 0.3) is 5.76 Å². The molecule has 134 valence electrons. The van der Waals surface area contributed by atoms with E-state index in [1.165, 1.54) is 0 Å². The molecule has 0 amide bonds. The summed E-state index contributed by atoms with van der Waals surface area (Å²) in [6, 6.07) is 15.4. The van der Waals surface area contributed by atoms with Gasteiger partial charge >= 0.3 is 5.97 Å². The normalized spacial score (nSPS) is 18.4. The minimum absolute atomic E-state index is 0.208. The van der Waals surface area contributed by atoms with Crippen LogP contribution in [0.3, 0.4) is 0 Å². The Kier molecular flexibility index (Phi) is 4.52. The molecule has 2 aliphatic rings. The molecule has 0 saturated carbocycles. The Labute approximate surface area is 152 Å². The molecule has 0 fully saturated rings. The fourth-order valence-corrected chi connectivity index (χ4v) is 3.30. The lowest BCUT2D eigenvalue weighted by atomic mass is 9.91. The molecular weight excluding hydrogens is 332 g/mol. The zero-order valence-corrected chi connectivity index (χ0v) is 14.6. The van der Waals surface area contributed by atoms with Gasteiger partial charge in [0.15, 0.2) is 11.5 Å². The molecular formula is C21H20O5. The van der Waals surface area contributed by atoms with Crippen LogP contribution < -0.4 is 9.47 Å². The standard InChI is InChI=1S/C21H20O5/c1-2-23-21(22)19-16(13-26-20(19)14-6-4-3-5-7-14)15-8-9-17-18(12-15)25-11-10-24-17/h3-9,12,16H,2,10-11,13H2,1H3. The summed E-state index contributed by atoms with van der Waals surface area (Å²) in [5.74, 6) is 1.46. The van der Waals surface area contributed by atoms with Crippen LogP contribution in [0.15, 0.2) is 54.1 Å². The van der Waals surface area contributed by atoms with Crippen LogP contribution >= 0.6 is 0 Å². The third-order valence-electron chi connectivity index (χ3n) is 4.49. The van der Waals surface area contributed by atoms with Gasteiger partial charge < -0.3 is 18.9 Å². The highest BCUT2D eigenvalue weighted by molar-refractivity contribution is 5.99. The molecule has 0 aliphatic carbocycles. The summed E-state index contributed by atoms with van der Waals surface area (Å²) in [6.07, 6.45) is 0. The minimum Gasteiger partial charge on any atom is -0.491 e. The van der Waals surface area contributed by atoms with E-state index < -0.39 is 0 Å². The Morgan fingerprint density at radius 2 is 1.81 bits per heavy atom. The van der Waals surface area contributed by atoms with Crippen molar-refractivity contribution in [2.75, 3.05) is 26.4 Å². The number of fused-ring (bicyclic) bond motifs is 1. The molecule has 0 N–H and O–H groups in total. The van der Waals surface area contributed by atoms with Gasteiger partial charge in [0, 0.05) is 5.56 Å². The summed E-state index contributed by atoms with van der Waals surface area (Å²) in [5, 5.41) is 0. The van der Waals surface area contributed by atoms with Crippen molar-refractivity contribution < 1.29 is 23.7 Å². The molecule has 2 aromatic rings. The maximum Gasteiger partial charge on any atom is 0.338 e. The lowest BCUT2D eigenvalue weighted by Gasteiger charge is -2.20. The van der Waals surface area contributed by atoms with Gasteiger partial charge in [0.25, 0.3) is 0 Å². The molecule has 26 heavy (non-hydrogen) atoms. The van der Waals surface area contributed by atoms with E-state index in [2.05, 4.69) is 0 Å². The van der Waals surface area contributed by atoms with Crippen LogP contribution in [0.2, 0.25) is 0 Å². The van der Waals surface area contributed by atoms with Gasteiger partial charge in [-0.15, -0.1) is 0 Å². The highest BCUT2D eigenvalue weighted by Crippen LogP contribution is 2.42. The Morgan fingerprint density at radius 1 is 1.04 bits per heavy atom. The first-order valence-corrected chi connectivity index (χ1v) is 8.77. The molecule has 4 rings (SSSR count). The van der Waals surface area contributed by atoms with E-state index in [9.17, 15) is 4.79 Å². The highest BCUT2D eigenvalue weighted by Gasteiger charge is 2.36. The molecule has 1 unspecified atom stereocenters. The van der Waals surface area contributed by atoms with E-state index in [0.717, 1.165) is 16.9 Å². The molecule has 1 atom stereocenters. The van der Waals surface area contributed by atoms with Crippen LogP contribution in [-0.4, -0.2) is 32.4 Å². The first-order chi connectivity index (χ1) is 12.8. The third-order valence-corrected chi connectivity index (χ3v) is 4.49. The second kappa shape index (κ2) is 7.12. The van der Waals surface area contributed by atoms with Crippen molar-refractivity contribution in [3.05, 3.63) is 65.2 Å². The van der Waals surface area contributed by atoms with E-state index in [1.54, 1.807) is 6.92 Å². The summed E-state index contributed by atoms with van der Waals surface area (Å²) in [5.41, 5.74) is 2.37.